The first-order valence-electron chi connectivity index (χ1n) is 7.54. The Balaban J connectivity index is 1.86. The Morgan fingerprint density at radius 2 is 2.17 bits per heavy atom. The van der Waals surface area contributed by atoms with Gasteiger partial charge in [0.1, 0.15) is 0 Å². The van der Waals surface area contributed by atoms with Crippen LogP contribution in [0, 0.1) is 0 Å². The van der Waals surface area contributed by atoms with Crippen molar-refractivity contribution >= 4 is 15.7 Å². The largest absolute Gasteiger partial charge is 0.363 e. The summed E-state index contributed by atoms with van der Waals surface area (Å²) in [5.74, 6) is 1.42. The summed E-state index contributed by atoms with van der Waals surface area (Å²) >= 11 is 0. The van der Waals surface area contributed by atoms with Gasteiger partial charge in [0.2, 0.25) is 15.9 Å². The van der Waals surface area contributed by atoms with E-state index < -0.39 is 10.0 Å². The number of anilines is 1. The highest BCUT2D eigenvalue weighted by Crippen LogP contribution is 2.31. The van der Waals surface area contributed by atoms with Crippen LogP contribution >= 0.6 is 0 Å². The molecule has 8 heteroatoms. The van der Waals surface area contributed by atoms with Gasteiger partial charge in [-0.15, -0.1) is 0 Å². The van der Waals surface area contributed by atoms with E-state index >= 15 is 0 Å². The molecular formula is C15H20N4O3S. The van der Waals surface area contributed by atoms with Crippen molar-refractivity contribution in [1.82, 2.24) is 14.9 Å². The van der Waals surface area contributed by atoms with Gasteiger partial charge in [-0.25, -0.2) is 13.1 Å². The average Bonchev–Trinajstić information content (AvgIpc) is 3.15. The molecule has 124 valence electrons. The molecule has 0 spiro atoms. The first-order valence-corrected chi connectivity index (χ1v) is 9.03. The van der Waals surface area contributed by atoms with Crippen LogP contribution in [0.5, 0.6) is 0 Å². The summed E-state index contributed by atoms with van der Waals surface area (Å²) in [6, 6.07) is 5.21. The van der Waals surface area contributed by atoms with E-state index in [1.807, 2.05) is 19.9 Å². The van der Waals surface area contributed by atoms with E-state index in [1.165, 1.54) is 7.05 Å². The Morgan fingerprint density at radius 3 is 2.83 bits per heavy atom. The van der Waals surface area contributed by atoms with Crippen molar-refractivity contribution in [3.05, 3.63) is 35.5 Å². The van der Waals surface area contributed by atoms with Crippen LogP contribution in [0.1, 0.15) is 37.0 Å². The molecule has 0 amide bonds. The van der Waals surface area contributed by atoms with E-state index in [0.717, 1.165) is 24.2 Å². The molecule has 2 aromatic rings. The van der Waals surface area contributed by atoms with Gasteiger partial charge in [0.15, 0.2) is 5.82 Å². The number of sulfonamides is 1. The fourth-order valence-electron chi connectivity index (χ4n) is 2.61. The second-order valence-corrected chi connectivity index (χ2v) is 7.76. The molecule has 0 fully saturated rings. The standard InChI is InChI=1S/C15H20N4O3S/c1-10(2)15-17-14(18-22-15)9-19-7-6-11-4-5-12(8-13(11)19)23(20,21)16-3/h4-5,8,10,16H,6-7,9H2,1-3H3. The third kappa shape index (κ3) is 3.09. The lowest BCUT2D eigenvalue weighted by Gasteiger charge is -2.17. The van der Waals surface area contributed by atoms with E-state index in [2.05, 4.69) is 19.8 Å². The Kier molecular flexibility index (Phi) is 4.11. The molecule has 1 aliphatic rings. The number of nitrogens with zero attached hydrogens (tertiary/aromatic N) is 3. The number of hydrogen-bond acceptors (Lipinski definition) is 6. The zero-order valence-corrected chi connectivity index (χ0v) is 14.2. The topological polar surface area (TPSA) is 88.3 Å². The van der Waals surface area contributed by atoms with E-state index in [0.29, 0.717) is 18.3 Å². The molecule has 0 saturated heterocycles. The Hall–Kier alpha value is -1.93. The fourth-order valence-corrected chi connectivity index (χ4v) is 3.36. The maximum absolute atomic E-state index is 12.0. The quantitative estimate of drug-likeness (QED) is 0.893. The molecule has 1 N–H and O–H groups in total. The molecule has 0 unspecified atom stereocenters. The summed E-state index contributed by atoms with van der Waals surface area (Å²) in [6.45, 7) is 5.31. The van der Waals surface area contributed by atoms with Crippen LogP contribution in [0.15, 0.2) is 27.6 Å². The maximum Gasteiger partial charge on any atom is 0.240 e. The van der Waals surface area contributed by atoms with Gasteiger partial charge >= 0.3 is 0 Å². The van der Waals surface area contributed by atoms with Crippen LogP contribution in [0.2, 0.25) is 0 Å². The summed E-state index contributed by atoms with van der Waals surface area (Å²) in [5, 5.41) is 4.00. The van der Waals surface area contributed by atoms with Crippen molar-refractivity contribution in [2.75, 3.05) is 18.5 Å². The smallest absolute Gasteiger partial charge is 0.240 e. The third-order valence-electron chi connectivity index (χ3n) is 3.94. The molecule has 7 nitrogen and oxygen atoms in total. The van der Waals surface area contributed by atoms with Crippen LogP contribution in [-0.2, 0) is 23.0 Å². The molecule has 23 heavy (non-hydrogen) atoms. The summed E-state index contributed by atoms with van der Waals surface area (Å²) in [5.41, 5.74) is 2.05. The number of hydrogen-bond donors (Lipinski definition) is 1. The number of fused-ring (bicyclic) bond motifs is 1. The van der Waals surface area contributed by atoms with Crippen LogP contribution in [0.25, 0.3) is 0 Å². The number of rotatable bonds is 5. The Bertz CT molecular complexity index is 814. The molecule has 1 aromatic carbocycles. The van der Waals surface area contributed by atoms with Crippen LogP contribution in [0.3, 0.4) is 0 Å². The highest BCUT2D eigenvalue weighted by Gasteiger charge is 2.24. The van der Waals surface area contributed by atoms with Crippen molar-refractivity contribution in [3.63, 3.8) is 0 Å². The zero-order valence-electron chi connectivity index (χ0n) is 13.4. The normalized spacial score (nSPS) is 14.5. The van der Waals surface area contributed by atoms with E-state index in [4.69, 9.17) is 4.52 Å². The van der Waals surface area contributed by atoms with E-state index in [9.17, 15) is 8.42 Å². The molecule has 0 aliphatic carbocycles. The fraction of sp³-hybridized carbons (Fsp3) is 0.467. The van der Waals surface area contributed by atoms with Crippen LogP contribution < -0.4 is 9.62 Å². The molecule has 3 rings (SSSR count). The van der Waals surface area contributed by atoms with Crippen molar-refractivity contribution in [2.24, 2.45) is 0 Å². The minimum absolute atomic E-state index is 0.189. The molecule has 0 radical (unpaired) electrons. The predicted molar refractivity (Wildman–Crippen MR) is 85.8 cm³/mol. The Morgan fingerprint density at radius 1 is 1.39 bits per heavy atom. The summed E-state index contributed by atoms with van der Waals surface area (Å²) in [4.78, 5) is 6.73. The second-order valence-electron chi connectivity index (χ2n) is 5.87. The number of benzene rings is 1. The average molecular weight is 336 g/mol. The van der Waals surface area contributed by atoms with Gasteiger partial charge in [0.05, 0.1) is 11.4 Å². The monoisotopic (exact) mass is 336 g/mol. The van der Waals surface area contributed by atoms with E-state index in [-0.39, 0.29) is 10.8 Å². The molecule has 2 heterocycles. The van der Waals surface area contributed by atoms with Crippen LogP contribution in [0.4, 0.5) is 5.69 Å². The molecule has 0 atom stereocenters. The third-order valence-corrected chi connectivity index (χ3v) is 5.35. The zero-order chi connectivity index (χ0) is 16.6. The van der Waals surface area contributed by atoms with Gasteiger partial charge in [-0.1, -0.05) is 25.1 Å². The molecular weight excluding hydrogens is 316 g/mol. The SMILES string of the molecule is CNS(=O)(=O)c1ccc2c(c1)N(Cc1noc(C(C)C)n1)CC2. The molecule has 1 aromatic heterocycles. The van der Waals surface area contributed by atoms with Crippen molar-refractivity contribution in [3.8, 4) is 0 Å². The lowest BCUT2D eigenvalue weighted by molar-refractivity contribution is 0.360. The van der Waals surface area contributed by atoms with Crippen molar-refractivity contribution in [2.45, 2.75) is 37.6 Å². The van der Waals surface area contributed by atoms with Gasteiger partial charge in [0.25, 0.3) is 0 Å². The minimum atomic E-state index is -3.45. The molecule has 0 saturated carbocycles. The van der Waals surface area contributed by atoms with E-state index in [1.54, 1.807) is 12.1 Å². The van der Waals surface area contributed by atoms with Gasteiger partial charge in [0, 0.05) is 18.2 Å². The highest BCUT2D eigenvalue weighted by molar-refractivity contribution is 7.89. The Labute approximate surface area is 135 Å². The second kappa shape index (κ2) is 5.93. The van der Waals surface area contributed by atoms with Crippen molar-refractivity contribution < 1.29 is 12.9 Å². The van der Waals surface area contributed by atoms with Gasteiger partial charge in [-0.05, 0) is 31.2 Å². The van der Waals surface area contributed by atoms with Gasteiger partial charge in [-0.3, -0.25) is 0 Å². The number of nitrogens with one attached hydrogen (secondary N) is 1. The molecule has 0 bridgehead atoms. The summed E-state index contributed by atoms with van der Waals surface area (Å²) in [6.07, 6.45) is 0.879. The predicted octanol–water partition coefficient (Wildman–Crippen LogP) is 1.66. The molecule has 1 aliphatic heterocycles. The maximum atomic E-state index is 12.0. The first kappa shape index (κ1) is 15.9. The highest BCUT2D eigenvalue weighted by atomic mass is 32.2. The van der Waals surface area contributed by atoms with Crippen molar-refractivity contribution in [1.29, 1.82) is 0 Å². The lowest BCUT2D eigenvalue weighted by Crippen LogP contribution is -2.22. The summed E-state index contributed by atoms with van der Waals surface area (Å²) < 4.78 is 31.5. The first-order chi connectivity index (χ1) is 10.9. The van der Waals surface area contributed by atoms with Gasteiger partial charge < -0.3 is 9.42 Å². The number of aromatic nitrogens is 2. The lowest BCUT2D eigenvalue weighted by atomic mass is 10.2. The van der Waals surface area contributed by atoms with Gasteiger partial charge in [-0.2, -0.15) is 4.98 Å². The van der Waals surface area contributed by atoms with Crippen LogP contribution in [-0.4, -0.2) is 32.2 Å². The summed E-state index contributed by atoms with van der Waals surface area (Å²) in [7, 11) is -2.04. The minimum Gasteiger partial charge on any atom is -0.363 e.